The van der Waals surface area contributed by atoms with Crippen LogP contribution in [0.3, 0.4) is 0 Å². The predicted molar refractivity (Wildman–Crippen MR) is 64.8 cm³/mol. The molecular weight excluding hydrogens is 234 g/mol. The number of carbonyl (C=O) groups is 1. The Hall–Kier alpha value is -1.65. The monoisotopic (exact) mass is 251 g/mol. The van der Waals surface area contributed by atoms with Crippen LogP contribution in [0.2, 0.25) is 0 Å². The molecule has 2 atom stereocenters. The summed E-state index contributed by atoms with van der Waals surface area (Å²) in [5, 5.41) is 11.1. The smallest absolute Gasteiger partial charge is 0.220 e. The minimum atomic E-state index is -0.719. The summed E-state index contributed by atoms with van der Waals surface area (Å²) >= 11 is 0. The van der Waals surface area contributed by atoms with E-state index in [4.69, 9.17) is 4.42 Å². The van der Waals surface area contributed by atoms with Gasteiger partial charge in [-0.1, -0.05) is 6.42 Å². The van der Waals surface area contributed by atoms with Gasteiger partial charge in [-0.3, -0.25) is 14.9 Å². The molecule has 0 radical (unpaired) electrons. The molecular formula is C13H17NO4. The van der Waals surface area contributed by atoms with Gasteiger partial charge < -0.3 is 4.42 Å². The van der Waals surface area contributed by atoms with Crippen molar-refractivity contribution in [3.8, 4) is 0 Å². The SMILES string of the molecule is O=C1CCCC[C@@H]1C[C@H](Cc1ccco1)[N+](=O)[O-]. The van der Waals surface area contributed by atoms with Gasteiger partial charge in [0.1, 0.15) is 11.5 Å². The molecule has 0 aromatic carbocycles. The van der Waals surface area contributed by atoms with Crippen molar-refractivity contribution in [3.63, 3.8) is 0 Å². The topological polar surface area (TPSA) is 73.3 Å². The fourth-order valence-electron chi connectivity index (χ4n) is 2.54. The van der Waals surface area contributed by atoms with E-state index in [1.807, 2.05) is 0 Å². The van der Waals surface area contributed by atoms with Gasteiger partial charge in [-0.15, -0.1) is 0 Å². The van der Waals surface area contributed by atoms with Crippen molar-refractivity contribution in [2.75, 3.05) is 0 Å². The standard InChI is InChI=1S/C13H17NO4/c15-13-6-2-1-4-10(13)8-11(14(16)17)9-12-5-3-7-18-12/h3,5,7,10-11H,1-2,4,6,8-9H2/t10-,11-/m1/s1. The van der Waals surface area contributed by atoms with Crippen molar-refractivity contribution < 1.29 is 14.1 Å². The normalized spacial score (nSPS) is 21.8. The average molecular weight is 251 g/mol. The molecule has 0 bridgehead atoms. The van der Waals surface area contributed by atoms with Crippen molar-refractivity contribution in [1.82, 2.24) is 0 Å². The third-order valence-electron chi connectivity index (χ3n) is 3.55. The molecule has 2 rings (SSSR count). The molecule has 5 nitrogen and oxygen atoms in total. The van der Waals surface area contributed by atoms with E-state index in [9.17, 15) is 14.9 Å². The maximum absolute atomic E-state index is 11.7. The molecule has 1 aromatic rings. The highest BCUT2D eigenvalue weighted by Crippen LogP contribution is 2.26. The minimum absolute atomic E-state index is 0.135. The van der Waals surface area contributed by atoms with E-state index < -0.39 is 6.04 Å². The summed E-state index contributed by atoms with van der Waals surface area (Å²) in [6.45, 7) is 0. The van der Waals surface area contributed by atoms with Gasteiger partial charge in [0.2, 0.25) is 6.04 Å². The highest BCUT2D eigenvalue weighted by atomic mass is 16.6. The number of hydrogen-bond donors (Lipinski definition) is 0. The molecule has 1 saturated carbocycles. The van der Waals surface area contributed by atoms with Crippen molar-refractivity contribution in [3.05, 3.63) is 34.3 Å². The third-order valence-corrected chi connectivity index (χ3v) is 3.55. The van der Waals surface area contributed by atoms with Crippen molar-refractivity contribution in [1.29, 1.82) is 0 Å². The van der Waals surface area contributed by atoms with Gasteiger partial charge in [0.15, 0.2) is 0 Å². The molecule has 0 saturated heterocycles. The molecule has 98 valence electrons. The Balaban J connectivity index is 1.97. The van der Waals surface area contributed by atoms with E-state index in [-0.39, 0.29) is 23.0 Å². The maximum atomic E-state index is 11.7. The molecule has 1 aliphatic rings. The summed E-state index contributed by atoms with van der Waals surface area (Å²) in [6.07, 6.45) is 5.42. The van der Waals surface area contributed by atoms with Gasteiger partial charge in [-0.25, -0.2) is 0 Å². The third kappa shape index (κ3) is 3.18. The van der Waals surface area contributed by atoms with E-state index in [1.165, 1.54) is 6.26 Å². The van der Waals surface area contributed by atoms with Crippen molar-refractivity contribution in [2.24, 2.45) is 5.92 Å². The highest BCUT2D eigenvalue weighted by Gasteiger charge is 2.31. The molecule has 1 aliphatic carbocycles. The Bertz CT molecular complexity index is 413. The fourth-order valence-corrected chi connectivity index (χ4v) is 2.54. The van der Waals surface area contributed by atoms with Gasteiger partial charge in [0.05, 0.1) is 12.7 Å². The molecule has 5 heteroatoms. The summed E-state index contributed by atoms with van der Waals surface area (Å²) in [5.41, 5.74) is 0. The van der Waals surface area contributed by atoms with Crippen LogP contribution in [0.5, 0.6) is 0 Å². The second-order valence-corrected chi connectivity index (χ2v) is 4.87. The zero-order valence-electron chi connectivity index (χ0n) is 10.2. The fraction of sp³-hybridized carbons (Fsp3) is 0.615. The van der Waals surface area contributed by atoms with Crippen LogP contribution in [0.25, 0.3) is 0 Å². The van der Waals surface area contributed by atoms with E-state index in [1.54, 1.807) is 12.1 Å². The van der Waals surface area contributed by atoms with Crippen LogP contribution in [0.1, 0.15) is 37.9 Å². The van der Waals surface area contributed by atoms with Gasteiger partial charge in [0.25, 0.3) is 0 Å². The van der Waals surface area contributed by atoms with E-state index in [2.05, 4.69) is 0 Å². The van der Waals surface area contributed by atoms with Gasteiger partial charge >= 0.3 is 0 Å². The zero-order chi connectivity index (χ0) is 13.0. The van der Waals surface area contributed by atoms with Crippen LogP contribution >= 0.6 is 0 Å². The molecule has 0 aliphatic heterocycles. The van der Waals surface area contributed by atoms with Crippen molar-refractivity contribution in [2.45, 2.75) is 44.6 Å². The number of furan rings is 1. The largest absolute Gasteiger partial charge is 0.469 e. The van der Waals surface area contributed by atoms with Gasteiger partial charge in [0, 0.05) is 23.7 Å². The highest BCUT2D eigenvalue weighted by molar-refractivity contribution is 5.81. The first-order chi connectivity index (χ1) is 8.66. The number of ketones is 1. The molecule has 18 heavy (non-hydrogen) atoms. The van der Waals surface area contributed by atoms with Crippen LogP contribution < -0.4 is 0 Å². The number of hydrogen-bond acceptors (Lipinski definition) is 4. The lowest BCUT2D eigenvalue weighted by Gasteiger charge is -2.21. The average Bonchev–Trinajstić information content (AvgIpc) is 2.83. The Morgan fingerprint density at radius 1 is 1.50 bits per heavy atom. The molecule has 1 aromatic heterocycles. The predicted octanol–water partition coefficient (Wildman–Crippen LogP) is 2.62. The van der Waals surface area contributed by atoms with Gasteiger partial charge in [-0.2, -0.15) is 0 Å². The van der Waals surface area contributed by atoms with Gasteiger partial charge in [-0.05, 0) is 25.0 Å². The number of nitro groups is 1. The van der Waals surface area contributed by atoms with Crippen molar-refractivity contribution >= 4 is 5.78 Å². The first-order valence-electron chi connectivity index (χ1n) is 6.35. The number of nitrogens with zero attached hydrogens (tertiary/aromatic N) is 1. The summed E-state index contributed by atoms with van der Waals surface area (Å²) in [5.74, 6) is 0.664. The Morgan fingerprint density at radius 3 is 2.94 bits per heavy atom. The van der Waals surface area contributed by atoms with E-state index in [0.717, 1.165) is 19.3 Å². The van der Waals surface area contributed by atoms with E-state index in [0.29, 0.717) is 18.6 Å². The lowest BCUT2D eigenvalue weighted by Crippen LogP contribution is -2.30. The lowest BCUT2D eigenvalue weighted by molar-refractivity contribution is -0.524. The first-order valence-corrected chi connectivity index (χ1v) is 6.35. The van der Waals surface area contributed by atoms with Crippen LogP contribution in [0.15, 0.2) is 22.8 Å². The number of carbonyl (C=O) groups excluding carboxylic acids is 1. The van der Waals surface area contributed by atoms with E-state index >= 15 is 0 Å². The van der Waals surface area contributed by atoms with Crippen LogP contribution in [0.4, 0.5) is 0 Å². The molecule has 1 fully saturated rings. The number of rotatable bonds is 5. The second kappa shape index (κ2) is 5.80. The summed E-state index contributed by atoms with van der Waals surface area (Å²) in [4.78, 5) is 22.5. The molecule has 0 N–H and O–H groups in total. The molecule has 0 unspecified atom stereocenters. The van der Waals surface area contributed by atoms with Crippen LogP contribution in [-0.2, 0) is 11.2 Å². The van der Waals surface area contributed by atoms with Crippen LogP contribution in [0, 0.1) is 16.0 Å². The van der Waals surface area contributed by atoms with Crippen LogP contribution in [-0.4, -0.2) is 16.7 Å². The second-order valence-electron chi connectivity index (χ2n) is 4.87. The summed E-state index contributed by atoms with van der Waals surface area (Å²) in [7, 11) is 0. The lowest BCUT2D eigenvalue weighted by atomic mass is 9.83. The molecule has 1 heterocycles. The first kappa shape index (κ1) is 12.8. The Kier molecular flexibility index (Phi) is 4.12. The minimum Gasteiger partial charge on any atom is -0.469 e. The quantitative estimate of drug-likeness (QED) is 0.595. The Morgan fingerprint density at radius 2 is 2.33 bits per heavy atom. The Labute approximate surface area is 105 Å². The zero-order valence-corrected chi connectivity index (χ0v) is 10.2. The summed E-state index contributed by atoms with van der Waals surface area (Å²) in [6, 6.07) is 2.74. The summed E-state index contributed by atoms with van der Waals surface area (Å²) < 4.78 is 5.14. The number of Topliss-reactive ketones (excluding diaryl/α,β-unsaturated/α-hetero) is 1. The molecule has 0 spiro atoms. The molecule has 0 amide bonds. The maximum Gasteiger partial charge on any atom is 0.220 e.